The quantitative estimate of drug-likeness (QED) is 0.762. The highest BCUT2D eigenvalue weighted by molar-refractivity contribution is 5.76. The number of aryl methyl sites for hydroxylation is 1. The summed E-state index contributed by atoms with van der Waals surface area (Å²) < 4.78 is 0. The minimum atomic E-state index is -0.184. The van der Waals surface area contributed by atoms with Crippen molar-refractivity contribution in [2.24, 2.45) is 11.7 Å². The van der Waals surface area contributed by atoms with E-state index in [1.807, 2.05) is 6.92 Å². The summed E-state index contributed by atoms with van der Waals surface area (Å²) >= 11 is 0. The first kappa shape index (κ1) is 13.8. The van der Waals surface area contributed by atoms with Crippen molar-refractivity contribution < 1.29 is 9.90 Å². The molecule has 104 valence electrons. The van der Waals surface area contributed by atoms with E-state index in [4.69, 9.17) is 5.73 Å². The monoisotopic (exact) mass is 263 g/mol. The number of amides is 1. The van der Waals surface area contributed by atoms with Gasteiger partial charge in [0.1, 0.15) is 5.75 Å². The van der Waals surface area contributed by atoms with Crippen LogP contribution in [0, 0.1) is 12.8 Å². The summed E-state index contributed by atoms with van der Waals surface area (Å²) in [6, 6.07) is 3.83. The second kappa shape index (κ2) is 6.02. The van der Waals surface area contributed by atoms with Gasteiger partial charge in [-0.1, -0.05) is 0 Å². The van der Waals surface area contributed by atoms with Gasteiger partial charge in [0.05, 0.1) is 5.69 Å². The van der Waals surface area contributed by atoms with Crippen molar-refractivity contribution in [2.75, 3.05) is 0 Å². The number of carbonyl (C=O) groups excluding carboxylic acids is 1. The predicted octanol–water partition coefficient (Wildman–Crippen LogP) is 1.23. The zero-order valence-corrected chi connectivity index (χ0v) is 11.2. The average Bonchev–Trinajstić information content (AvgIpc) is 2.40. The molecule has 2 rings (SSSR count). The molecule has 0 unspecified atom stereocenters. The first-order valence-electron chi connectivity index (χ1n) is 6.74. The average molecular weight is 263 g/mol. The summed E-state index contributed by atoms with van der Waals surface area (Å²) in [5, 5.41) is 13.1. The van der Waals surface area contributed by atoms with Crippen LogP contribution in [0.1, 0.15) is 37.1 Å². The van der Waals surface area contributed by atoms with Gasteiger partial charge in [-0.05, 0) is 44.7 Å². The molecule has 0 aliphatic heterocycles. The molecular weight excluding hydrogens is 242 g/mol. The predicted molar refractivity (Wildman–Crippen MR) is 72.4 cm³/mol. The lowest BCUT2D eigenvalue weighted by Crippen LogP contribution is -2.36. The summed E-state index contributed by atoms with van der Waals surface area (Å²) in [5.41, 5.74) is 6.88. The highest BCUT2D eigenvalue weighted by Gasteiger charge is 2.24. The Morgan fingerprint density at radius 1 is 1.42 bits per heavy atom. The topological polar surface area (TPSA) is 88.2 Å². The van der Waals surface area contributed by atoms with E-state index in [-0.39, 0.29) is 17.6 Å². The molecule has 5 heteroatoms. The number of primary amides is 1. The van der Waals surface area contributed by atoms with Crippen molar-refractivity contribution in [2.45, 2.75) is 45.2 Å². The third kappa shape index (κ3) is 3.67. The Morgan fingerprint density at radius 3 is 2.74 bits per heavy atom. The molecule has 1 aliphatic rings. The number of rotatable bonds is 4. The number of pyridine rings is 1. The van der Waals surface area contributed by atoms with E-state index in [2.05, 4.69) is 10.3 Å². The number of hydrogen-bond donors (Lipinski definition) is 3. The maximum absolute atomic E-state index is 11.1. The number of hydrogen-bond acceptors (Lipinski definition) is 4. The molecule has 1 heterocycles. The summed E-state index contributed by atoms with van der Waals surface area (Å²) in [7, 11) is 0. The van der Waals surface area contributed by atoms with E-state index in [0.717, 1.165) is 31.4 Å². The molecule has 0 saturated heterocycles. The van der Waals surface area contributed by atoms with Crippen LogP contribution >= 0.6 is 0 Å². The Morgan fingerprint density at radius 2 is 2.11 bits per heavy atom. The highest BCUT2D eigenvalue weighted by Crippen LogP contribution is 2.24. The van der Waals surface area contributed by atoms with E-state index in [1.165, 1.54) is 0 Å². The third-order valence-electron chi connectivity index (χ3n) is 3.78. The summed E-state index contributed by atoms with van der Waals surface area (Å²) in [4.78, 5) is 15.4. The van der Waals surface area contributed by atoms with Crippen molar-refractivity contribution >= 4 is 5.91 Å². The van der Waals surface area contributed by atoms with Crippen LogP contribution in [0.2, 0.25) is 0 Å². The van der Waals surface area contributed by atoms with Crippen LogP contribution in [0.5, 0.6) is 5.75 Å². The molecule has 4 N–H and O–H groups in total. The van der Waals surface area contributed by atoms with Crippen molar-refractivity contribution in [1.82, 2.24) is 10.3 Å². The lowest BCUT2D eigenvalue weighted by molar-refractivity contribution is -0.122. The minimum absolute atomic E-state index is 0.0311. The van der Waals surface area contributed by atoms with Gasteiger partial charge in [0.25, 0.3) is 0 Å². The molecule has 1 saturated carbocycles. The highest BCUT2D eigenvalue weighted by atomic mass is 16.3. The van der Waals surface area contributed by atoms with E-state index < -0.39 is 0 Å². The number of nitrogens with two attached hydrogens (primary N) is 1. The van der Waals surface area contributed by atoms with E-state index in [9.17, 15) is 9.90 Å². The molecule has 19 heavy (non-hydrogen) atoms. The number of nitrogens with one attached hydrogen (secondary N) is 1. The molecule has 0 atom stereocenters. The zero-order valence-electron chi connectivity index (χ0n) is 11.2. The molecule has 1 fully saturated rings. The number of aromatic hydroxyl groups is 1. The maximum atomic E-state index is 11.1. The van der Waals surface area contributed by atoms with Crippen molar-refractivity contribution in [3.05, 3.63) is 23.5 Å². The van der Waals surface area contributed by atoms with E-state index in [1.54, 1.807) is 12.1 Å². The fraction of sp³-hybridized carbons (Fsp3) is 0.571. The molecule has 0 aromatic carbocycles. The Hall–Kier alpha value is -1.62. The second-order valence-corrected chi connectivity index (χ2v) is 5.25. The summed E-state index contributed by atoms with van der Waals surface area (Å²) in [6.45, 7) is 2.46. The molecule has 5 nitrogen and oxygen atoms in total. The van der Waals surface area contributed by atoms with Crippen LogP contribution in [0.15, 0.2) is 12.1 Å². The van der Waals surface area contributed by atoms with Gasteiger partial charge in [0.15, 0.2) is 0 Å². The molecule has 1 aromatic rings. The van der Waals surface area contributed by atoms with E-state index >= 15 is 0 Å². The van der Waals surface area contributed by atoms with Crippen molar-refractivity contribution in [3.8, 4) is 5.75 Å². The number of carbonyl (C=O) groups is 1. The van der Waals surface area contributed by atoms with Gasteiger partial charge in [-0.15, -0.1) is 0 Å². The Kier molecular flexibility index (Phi) is 4.37. The Balaban J connectivity index is 1.83. The van der Waals surface area contributed by atoms with E-state index in [0.29, 0.717) is 18.3 Å². The first-order valence-corrected chi connectivity index (χ1v) is 6.74. The molecule has 1 aromatic heterocycles. The van der Waals surface area contributed by atoms with Crippen LogP contribution in [-0.2, 0) is 11.3 Å². The lowest BCUT2D eigenvalue weighted by Gasteiger charge is -2.27. The molecule has 1 aliphatic carbocycles. The van der Waals surface area contributed by atoms with Gasteiger partial charge in [-0.25, -0.2) is 0 Å². The Labute approximate surface area is 113 Å². The fourth-order valence-electron chi connectivity index (χ4n) is 2.56. The van der Waals surface area contributed by atoms with Gasteiger partial charge >= 0.3 is 0 Å². The normalized spacial score (nSPS) is 23.2. The minimum Gasteiger partial charge on any atom is -0.506 e. The van der Waals surface area contributed by atoms with Gasteiger partial charge in [0, 0.05) is 24.2 Å². The molecule has 0 spiro atoms. The largest absolute Gasteiger partial charge is 0.506 e. The SMILES string of the molecule is Cc1ccc(O)c(CNC2CCC(C(N)=O)CC2)n1. The summed E-state index contributed by atoms with van der Waals surface area (Å²) in [5.74, 6) is 0.0731. The van der Waals surface area contributed by atoms with Crippen molar-refractivity contribution in [3.63, 3.8) is 0 Å². The van der Waals surface area contributed by atoms with Crippen LogP contribution in [-0.4, -0.2) is 22.0 Å². The molecule has 1 amide bonds. The van der Waals surface area contributed by atoms with Gasteiger partial charge in [-0.2, -0.15) is 0 Å². The van der Waals surface area contributed by atoms with Crippen molar-refractivity contribution in [1.29, 1.82) is 0 Å². The lowest BCUT2D eigenvalue weighted by atomic mass is 9.85. The van der Waals surface area contributed by atoms with Crippen LogP contribution in [0.25, 0.3) is 0 Å². The zero-order chi connectivity index (χ0) is 13.8. The standard InChI is InChI=1S/C14H21N3O2/c1-9-2-7-13(18)12(17-9)8-16-11-5-3-10(4-6-11)14(15)19/h2,7,10-11,16,18H,3-6,8H2,1H3,(H2,15,19). The fourth-order valence-corrected chi connectivity index (χ4v) is 2.56. The molecular formula is C14H21N3O2. The third-order valence-corrected chi connectivity index (χ3v) is 3.78. The first-order chi connectivity index (χ1) is 9.06. The van der Waals surface area contributed by atoms with Crippen LogP contribution in [0.4, 0.5) is 0 Å². The van der Waals surface area contributed by atoms with Gasteiger partial charge in [-0.3, -0.25) is 9.78 Å². The van der Waals surface area contributed by atoms with Gasteiger partial charge < -0.3 is 16.2 Å². The van der Waals surface area contributed by atoms with Crippen LogP contribution < -0.4 is 11.1 Å². The molecule has 0 radical (unpaired) electrons. The van der Waals surface area contributed by atoms with Crippen LogP contribution in [0.3, 0.4) is 0 Å². The second-order valence-electron chi connectivity index (χ2n) is 5.25. The van der Waals surface area contributed by atoms with Gasteiger partial charge in [0.2, 0.25) is 5.91 Å². The number of nitrogens with zero attached hydrogens (tertiary/aromatic N) is 1. The smallest absolute Gasteiger partial charge is 0.220 e. The molecule has 0 bridgehead atoms. The summed E-state index contributed by atoms with van der Waals surface area (Å²) in [6.07, 6.45) is 3.58. The Bertz CT molecular complexity index is 454. The number of aromatic nitrogens is 1. The maximum Gasteiger partial charge on any atom is 0.220 e.